The molecule has 3 rings (SSSR count). The number of halogens is 1. The first-order valence-electron chi connectivity index (χ1n) is 9.15. The lowest BCUT2D eigenvalue weighted by molar-refractivity contribution is -0.386. The minimum atomic E-state index is -1.09. The second-order valence-corrected chi connectivity index (χ2v) is 7.20. The van der Waals surface area contributed by atoms with Crippen LogP contribution >= 0.6 is 15.9 Å². The zero-order valence-corrected chi connectivity index (χ0v) is 17.9. The van der Waals surface area contributed by atoms with Crippen LogP contribution in [0, 0.1) is 10.1 Å². The van der Waals surface area contributed by atoms with Crippen LogP contribution < -0.4 is 20.3 Å². The molecule has 0 aliphatic rings. The van der Waals surface area contributed by atoms with Gasteiger partial charge in [0.05, 0.1) is 9.40 Å². The molecule has 0 saturated heterocycles. The number of nitrogens with one attached hydrogen (secondary N) is 2. The SMILES string of the molecule is CC(Oc1ccccc1[N+](=O)[O-])C(=O)NNC(=O)COc1ccc2ccccc2c1Br. The number of amides is 2. The van der Waals surface area contributed by atoms with Crippen molar-refractivity contribution in [3.63, 3.8) is 0 Å². The molecular weight excluding hydrogens is 470 g/mol. The zero-order chi connectivity index (χ0) is 22.4. The molecule has 9 nitrogen and oxygen atoms in total. The molecule has 2 N–H and O–H groups in total. The first kappa shape index (κ1) is 22.0. The van der Waals surface area contributed by atoms with E-state index in [2.05, 4.69) is 26.8 Å². The van der Waals surface area contributed by atoms with Crippen LogP contribution in [-0.4, -0.2) is 29.4 Å². The zero-order valence-electron chi connectivity index (χ0n) is 16.3. The van der Waals surface area contributed by atoms with Crippen molar-refractivity contribution in [3.8, 4) is 11.5 Å². The van der Waals surface area contributed by atoms with Crippen molar-refractivity contribution in [2.75, 3.05) is 6.61 Å². The second kappa shape index (κ2) is 9.90. The molecule has 1 unspecified atom stereocenters. The summed E-state index contributed by atoms with van der Waals surface area (Å²) < 4.78 is 11.6. The summed E-state index contributed by atoms with van der Waals surface area (Å²) in [7, 11) is 0. The molecule has 0 aromatic heterocycles. The Morgan fingerprint density at radius 1 is 1.03 bits per heavy atom. The van der Waals surface area contributed by atoms with E-state index in [0.29, 0.717) is 10.2 Å². The standard InChI is InChI=1S/C21H18BrN3O6/c1-13(31-17-9-5-4-8-16(17)25(28)29)21(27)24-23-19(26)12-30-18-11-10-14-6-2-3-7-15(14)20(18)22/h2-11,13H,12H2,1H3,(H,23,26)(H,24,27). The van der Waals surface area contributed by atoms with Gasteiger partial charge in [0, 0.05) is 6.07 Å². The largest absolute Gasteiger partial charge is 0.483 e. The number of hydrazine groups is 1. The number of nitro groups is 1. The molecule has 0 heterocycles. The highest BCUT2D eigenvalue weighted by Crippen LogP contribution is 2.33. The maximum Gasteiger partial charge on any atom is 0.310 e. The Bertz CT molecular complexity index is 1140. The molecule has 10 heteroatoms. The van der Waals surface area contributed by atoms with Gasteiger partial charge in [0.1, 0.15) is 5.75 Å². The van der Waals surface area contributed by atoms with Crippen molar-refractivity contribution in [2.24, 2.45) is 0 Å². The van der Waals surface area contributed by atoms with Gasteiger partial charge in [-0.2, -0.15) is 0 Å². The summed E-state index contributed by atoms with van der Waals surface area (Å²) in [5.74, 6) is -0.844. The van der Waals surface area contributed by atoms with Crippen molar-refractivity contribution in [1.82, 2.24) is 10.9 Å². The van der Waals surface area contributed by atoms with Gasteiger partial charge in [0.2, 0.25) is 0 Å². The van der Waals surface area contributed by atoms with Crippen LogP contribution in [-0.2, 0) is 9.59 Å². The molecule has 0 bridgehead atoms. The average Bonchev–Trinajstić information content (AvgIpc) is 2.77. The Morgan fingerprint density at radius 3 is 2.52 bits per heavy atom. The molecule has 0 radical (unpaired) electrons. The lowest BCUT2D eigenvalue weighted by atomic mass is 10.1. The van der Waals surface area contributed by atoms with Gasteiger partial charge < -0.3 is 9.47 Å². The summed E-state index contributed by atoms with van der Waals surface area (Å²) in [6.07, 6.45) is -1.09. The number of carbonyl (C=O) groups is 2. The first-order chi connectivity index (χ1) is 14.9. The van der Waals surface area contributed by atoms with E-state index in [1.165, 1.54) is 25.1 Å². The molecule has 0 spiro atoms. The molecule has 0 aliphatic heterocycles. The molecule has 3 aromatic rings. The van der Waals surface area contributed by atoms with E-state index in [1.807, 2.05) is 30.3 Å². The minimum Gasteiger partial charge on any atom is -0.483 e. The van der Waals surface area contributed by atoms with E-state index >= 15 is 0 Å². The Morgan fingerprint density at radius 2 is 1.74 bits per heavy atom. The summed E-state index contributed by atoms with van der Waals surface area (Å²) in [4.78, 5) is 34.6. The fraction of sp³-hybridized carbons (Fsp3) is 0.143. The predicted molar refractivity (Wildman–Crippen MR) is 117 cm³/mol. The fourth-order valence-electron chi connectivity index (χ4n) is 2.69. The monoisotopic (exact) mass is 487 g/mol. The second-order valence-electron chi connectivity index (χ2n) is 6.41. The highest BCUT2D eigenvalue weighted by molar-refractivity contribution is 9.10. The van der Waals surface area contributed by atoms with Crippen LogP contribution in [0.1, 0.15) is 6.92 Å². The third-order valence-corrected chi connectivity index (χ3v) is 5.06. The van der Waals surface area contributed by atoms with Gasteiger partial charge in [-0.25, -0.2) is 0 Å². The summed E-state index contributed by atoms with van der Waals surface area (Å²) >= 11 is 3.47. The molecule has 31 heavy (non-hydrogen) atoms. The number of nitro benzene ring substituents is 1. The third kappa shape index (κ3) is 5.48. The number of fused-ring (bicyclic) bond motifs is 1. The molecule has 0 saturated carbocycles. The predicted octanol–water partition coefficient (Wildman–Crippen LogP) is 3.50. The number of rotatable bonds is 7. The van der Waals surface area contributed by atoms with Crippen molar-refractivity contribution < 1.29 is 24.0 Å². The normalized spacial score (nSPS) is 11.4. The van der Waals surface area contributed by atoms with Gasteiger partial charge in [0.15, 0.2) is 18.5 Å². The quantitative estimate of drug-likeness (QED) is 0.388. The smallest absolute Gasteiger partial charge is 0.310 e. The average molecular weight is 488 g/mol. The number of hydrogen-bond donors (Lipinski definition) is 2. The van der Waals surface area contributed by atoms with E-state index < -0.39 is 22.8 Å². The van der Waals surface area contributed by atoms with Gasteiger partial charge in [-0.05, 0) is 45.8 Å². The number of para-hydroxylation sites is 2. The van der Waals surface area contributed by atoms with Gasteiger partial charge in [0.25, 0.3) is 11.8 Å². The Balaban J connectivity index is 1.51. The topological polar surface area (TPSA) is 120 Å². The van der Waals surface area contributed by atoms with Crippen LogP contribution in [0.15, 0.2) is 65.1 Å². The van der Waals surface area contributed by atoms with Gasteiger partial charge >= 0.3 is 5.69 Å². The van der Waals surface area contributed by atoms with E-state index in [0.717, 1.165) is 10.8 Å². The highest BCUT2D eigenvalue weighted by atomic mass is 79.9. The molecule has 0 fully saturated rings. The van der Waals surface area contributed by atoms with Gasteiger partial charge in [-0.1, -0.05) is 42.5 Å². The number of hydrogen-bond acceptors (Lipinski definition) is 6. The number of ether oxygens (including phenoxy) is 2. The van der Waals surface area contributed by atoms with Crippen LogP contribution in [0.4, 0.5) is 5.69 Å². The van der Waals surface area contributed by atoms with Gasteiger partial charge in [-0.3, -0.25) is 30.6 Å². The van der Waals surface area contributed by atoms with Crippen molar-refractivity contribution >= 4 is 44.2 Å². The summed E-state index contributed by atoms with van der Waals surface area (Å²) in [5.41, 5.74) is 4.16. The summed E-state index contributed by atoms with van der Waals surface area (Å²) in [6, 6.07) is 17.0. The van der Waals surface area contributed by atoms with Crippen molar-refractivity contribution in [2.45, 2.75) is 13.0 Å². The van der Waals surface area contributed by atoms with E-state index in [4.69, 9.17) is 9.47 Å². The first-order valence-corrected chi connectivity index (χ1v) is 9.95. The molecular formula is C21H18BrN3O6. The summed E-state index contributed by atoms with van der Waals surface area (Å²) in [6.45, 7) is 1.07. The number of nitrogens with zero attached hydrogens (tertiary/aromatic N) is 1. The van der Waals surface area contributed by atoms with E-state index in [9.17, 15) is 19.7 Å². The molecule has 1 atom stereocenters. The Labute approximate surface area is 185 Å². The van der Waals surface area contributed by atoms with E-state index in [1.54, 1.807) is 12.1 Å². The lowest BCUT2D eigenvalue weighted by Crippen LogP contribution is -2.48. The van der Waals surface area contributed by atoms with Crippen molar-refractivity contribution in [3.05, 3.63) is 75.3 Å². The molecule has 2 amide bonds. The molecule has 160 valence electrons. The number of benzene rings is 3. The van der Waals surface area contributed by atoms with Crippen LogP contribution in [0.5, 0.6) is 11.5 Å². The maximum absolute atomic E-state index is 12.1. The van der Waals surface area contributed by atoms with Crippen molar-refractivity contribution in [1.29, 1.82) is 0 Å². The lowest BCUT2D eigenvalue weighted by Gasteiger charge is -2.15. The van der Waals surface area contributed by atoms with E-state index in [-0.39, 0.29) is 18.0 Å². The highest BCUT2D eigenvalue weighted by Gasteiger charge is 2.21. The third-order valence-electron chi connectivity index (χ3n) is 4.25. The Kier molecular flexibility index (Phi) is 7.03. The maximum atomic E-state index is 12.1. The Hall–Kier alpha value is -3.66. The van der Waals surface area contributed by atoms with Crippen LogP contribution in [0.25, 0.3) is 10.8 Å². The van der Waals surface area contributed by atoms with Crippen LogP contribution in [0.2, 0.25) is 0 Å². The van der Waals surface area contributed by atoms with Crippen LogP contribution in [0.3, 0.4) is 0 Å². The minimum absolute atomic E-state index is 0.0500. The molecule has 0 aliphatic carbocycles. The van der Waals surface area contributed by atoms with Gasteiger partial charge in [-0.15, -0.1) is 0 Å². The number of carbonyl (C=O) groups excluding carboxylic acids is 2. The fourth-order valence-corrected chi connectivity index (χ4v) is 3.30. The summed E-state index contributed by atoms with van der Waals surface area (Å²) in [5, 5.41) is 13.0. The molecule has 3 aromatic carbocycles.